The minimum atomic E-state index is -3.00. The van der Waals surface area contributed by atoms with E-state index in [9.17, 15) is 18.0 Å². The van der Waals surface area contributed by atoms with Gasteiger partial charge in [-0.25, -0.2) is 13.2 Å². The summed E-state index contributed by atoms with van der Waals surface area (Å²) in [5, 5.41) is 8.59. The Balaban J connectivity index is 0.000000224. The maximum Gasteiger partial charge on any atom is 0.407 e. The topological polar surface area (TPSA) is 95.0 Å². The van der Waals surface area contributed by atoms with E-state index in [1.807, 2.05) is 0 Å². The van der Waals surface area contributed by atoms with Crippen LogP contribution in [0.3, 0.4) is 0 Å². The first-order chi connectivity index (χ1) is 10.2. The van der Waals surface area contributed by atoms with Crippen LogP contribution in [-0.4, -0.2) is 67.8 Å². The highest BCUT2D eigenvalue weighted by atomic mass is 32.2. The van der Waals surface area contributed by atoms with Crippen molar-refractivity contribution in [2.45, 2.75) is 11.8 Å². The Morgan fingerprint density at radius 2 is 1.45 bits per heavy atom. The molecule has 0 radical (unpaired) electrons. The molecule has 0 saturated carbocycles. The molecule has 0 atom stereocenters. The first kappa shape index (κ1) is 18.0. The van der Waals surface area contributed by atoms with Crippen LogP contribution in [0, 0.1) is 0 Å². The van der Waals surface area contributed by atoms with E-state index in [-0.39, 0.29) is 5.91 Å². The van der Waals surface area contributed by atoms with Gasteiger partial charge in [-0.15, -0.1) is 0 Å². The molecule has 1 aliphatic rings. The molecule has 1 aromatic carbocycles. The van der Waals surface area contributed by atoms with E-state index in [1.165, 1.54) is 18.1 Å². The molecule has 22 heavy (non-hydrogen) atoms. The van der Waals surface area contributed by atoms with E-state index in [1.54, 1.807) is 35.2 Å². The number of rotatable bonds is 1. The standard InChI is InChI=1S/C7H12N2O3.C7H8O2S/c1-6(10)8-2-4-9(5-3-8)7(11)12;1-10(8,9)7-5-3-2-4-6-7/h2-5H2,1H3,(H,11,12);2-6H,1H3. The molecule has 122 valence electrons. The second kappa shape index (κ2) is 7.79. The van der Waals surface area contributed by atoms with Crippen LogP contribution in [0.1, 0.15) is 6.92 Å². The van der Waals surface area contributed by atoms with Gasteiger partial charge in [-0.3, -0.25) is 4.79 Å². The zero-order chi connectivity index (χ0) is 16.8. The molecule has 1 saturated heterocycles. The molecule has 0 spiro atoms. The lowest BCUT2D eigenvalue weighted by molar-refractivity contribution is -0.130. The second-order valence-electron chi connectivity index (χ2n) is 4.86. The number of hydrogen-bond acceptors (Lipinski definition) is 4. The van der Waals surface area contributed by atoms with Crippen LogP contribution in [0.4, 0.5) is 4.79 Å². The molecule has 0 unspecified atom stereocenters. The molecular formula is C14H20N2O5S. The van der Waals surface area contributed by atoms with Gasteiger partial charge in [-0.05, 0) is 12.1 Å². The van der Waals surface area contributed by atoms with Gasteiger partial charge >= 0.3 is 6.09 Å². The zero-order valence-corrected chi connectivity index (χ0v) is 13.4. The predicted octanol–water partition coefficient (Wildman–Crippen LogP) is 0.919. The van der Waals surface area contributed by atoms with Crippen LogP contribution in [-0.2, 0) is 14.6 Å². The second-order valence-corrected chi connectivity index (χ2v) is 6.88. The van der Waals surface area contributed by atoms with Crippen molar-refractivity contribution in [1.29, 1.82) is 0 Å². The number of carbonyl (C=O) groups excluding carboxylic acids is 1. The van der Waals surface area contributed by atoms with Crippen molar-refractivity contribution in [2.75, 3.05) is 32.4 Å². The van der Waals surface area contributed by atoms with Crippen LogP contribution in [0.25, 0.3) is 0 Å². The fraction of sp³-hybridized carbons (Fsp3) is 0.429. The third-order valence-corrected chi connectivity index (χ3v) is 4.30. The van der Waals surface area contributed by atoms with Gasteiger partial charge in [0.25, 0.3) is 0 Å². The number of nitrogens with zero attached hydrogens (tertiary/aromatic N) is 2. The van der Waals surface area contributed by atoms with Gasteiger partial charge in [-0.1, -0.05) is 18.2 Å². The highest BCUT2D eigenvalue weighted by Gasteiger charge is 2.21. The quantitative estimate of drug-likeness (QED) is 0.827. The van der Waals surface area contributed by atoms with Gasteiger partial charge < -0.3 is 14.9 Å². The Morgan fingerprint density at radius 3 is 1.77 bits per heavy atom. The van der Waals surface area contributed by atoms with Crippen molar-refractivity contribution in [2.24, 2.45) is 0 Å². The molecular weight excluding hydrogens is 308 g/mol. The van der Waals surface area contributed by atoms with Crippen molar-refractivity contribution >= 4 is 21.8 Å². The molecule has 2 rings (SSSR count). The minimum Gasteiger partial charge on any atom is -0.465 e. The zero-order valence-electron chi connectivity index (χ0n) is 12.6. The Bertz CT molecular complexity index is 585. The molecule has 1 aliphatic heterocycles. The van der Waals surface area contributed by atoms with Crippen molar-refractivity contribution in [3.8, 4) is 0 Å². The lowest BCUT2D eigenvalue weighted by Gasteiger charge is -2.32. The third kappa shape index (κ3) is 5.72. The Morgan fingerprint density at radius 1 is 1.00 bits per heavy atom. The summed E-state index contributed by atoms with van der Waals surface area (Å²) in [4.78, 5) is 24.6. The van der Waals surface area contributed by atoms with Gasteiger partial charge in [0.15, 0.2) is 9.84 Å². The Labute approximate surface area is 130 Å². The molecule has 1 heterocycles. The number of hydrogen-bond donors (Lipinski definition) is 1. The summed E-state index contributed by atoms with van der Waals surface area (Å²) in [6.45, 7) is 3.38. The van der Waals surface area contributed by atoms with Crippen LogP contribution in [0.5, 0.6) is 0 Å². The maximum atomic E-state index is 10.8. The number of sulfone groups is 1. The summed E-state index contributed by atoms with van der Waals surface area (Å²) in [5.41, 5.74) is 0. The molecule has 1 fully saturated rings. The van der Waals surface area contributed by atoms with E-state index in [4.69, 9.17) is 5.11 Å². The lowest BCUT2D eigenvalue weighted by atomic mass is 10.3. The summed E-state index contributed by atoms with van der Waals surface area (Å²) >= 11 is 0. The van der Waals surface area contributed by atoms with Crippen LogP contribution < -0.4 is 0 Å². The van der Waals surface area contributed by atoms with Crippen LogP contribution in [0.2, 0.25) is 0 Å². The lowest BCUT2D eigenvalue weighted by Crippen LogP contribution is -2.49. The van der Waals surface area contributed by atoms with Gasteiger partial charge in [0, 0.05) is 39.4 Å². The van der Waals surface area contributed by atoms with Crippen molar-refractivity contribution in [1.82, 2.24) is 9.80 Å². The largest absolute Gasteiger partial charge is 0.465 e. The Hall–Kier alpha value is -2.09. The molecule has 2 amide bonds. The van der Waals surface area contributed by atoms with E-state index >= 15 is 0 Å². The number of piperazine rings is 1. The fourth-order valence-electron chi connectivity index (χ4n) is 1.88. The number of carbonyl (C=O) groups is 2. The minimum absolute atomic E-state index is 0.0139. The van der Waals surface area contributed by atoms with Crippen LogP contribution >= 0.6 is 0 Å². The highest BCUT2D eigenvalue weighted by Crippen LogP contribution is 2.05. The number of carboxylic acid groups (broad SMARTS) is 1. The first-order valence-electron chi connectivity index (χ1n) is 6.70. The third-order valence-electron chi connectivity index (χ3n) is 3.17. The Kier molecular flexibility index (Phi) is 6.36. The normalized spacial score (nSPS) is 14.8. The van der Waals surface area contributed by atoms with E-state index in [2.05, 4.69) is 0 Å². The fourth-order valence-corrected chi connectivity index (χ4v) is 2.53. The molecule has 7 nitrogen and oxygen atoms in total. The highest BCUT2D eigenvalue weighted by molar-refractivity contribution is 7.90. The first-order valence-corrected chi connectivity index (χ1v) is 8.59. The SMILES string of the molecule is CC(=O)N1CCN(C(=O)O)CC1.CS(=O)(=O)c1ccccc1. The average molecular weight is 328 g/mol. The van der Waals surface area contributed by atoms with Gasteiger partial charge in [-0.2, -0.15) is 0 Å². The summed E-state index contributed by atoms with van der Waals surface area (Å²) in [7, 11) is -3.00. The molecule has 1 aromatic rings. The predicted molar refractivity (Wildman–Crippen MR) is 81.4 cm³/mol. The summed E-state index contributed by atoms with van der Waals surface area (Å²) in [6, 6.07) is 8.35. The summed E-state index contributed by atoms with van der Waals surface area (Å²) in [6.07, 6.45) is 0.292. The summed E-state index contributed by atoms with van der Waals surface area (Å²) in [5.74, 6) is 0.0139. The monoisotopic (exact) mass is 328 g/mol. The maximum absolute atomic E-state index is 10.8. The van der Waals surface area contributed by atoms with E-state index < -0.39 is 15.9 Å². The molecule has 0 bridgehead atoms. The van der Waals surface area contributed by atoms with Gasteiger partial charge in [0.05, 0.1) is 4.90 Å². The average Bonchev–Trinajstić information content (AvgIpc) is 2.48. The molecule has 1 N–H and O–H groups in total. The van der Waals surface area contributed by atoms with Gasteiger partial charge in [0.1, 0.15) is 0 Å². The van der Waals surface area contributed by atoms with Crippen molar-refractivity contribution in [3.63, 3.8) is 0 Å². The van der Waals surface area contributed by atoms with E-state index in [0.29, 0.717) is 31.1 Å². The molecule has 8 heteroatoms. The molecule has 0 aromatic heterocycles. The van der Waals surface area contributed by atoms with Crippen LogP contribution in [0.15, 0.2) is 35.2 Å². The number of amides is 2. The smallest absolute Gasteiger partial charge is 0.407 e. The van der Waals surface area contributed by atoms with Gasteiger partial charge in [0.2, 0.25) is 5.91 Å². The van der Waals surface area contributed by atoms with E-state index in [0.717, 1.165) is 0 Å². The molecule has 0 aliphatic carbocycles. The van der Waals surface area contributed by atoms with Crippen molar-refractivity contribution in [3.05, 3.63) is 30.3 Å². The number of benzene rings is 1. The summed E-state index contributed by atoms with van der Waals surface area (Å²) < 4.78 is 21.7. The van der Waals surface area contributed by atoms with Crippen molar-refractivity contribution < 1.29 is 23.1 Å².